The van der Waals surface area contributed by atoms with Crippen LogP contribution in [-0.4, -0.2) is 6.04 Å². The van der Waals surface area contributed by atoms with E-state index in [1.807, 2.05) is 6.07 Å². The highest BCUT2D eigenvalue weighted by Gasteiger charge is 2.22. The molecular formula is C34H28N2. The van der Waals surface area contributed by atoms with Crippen molar-refractivity contribution in [3.8, 4) is 11.1 Å². The van der Waals surface area contributed by atoms with Crippen molar-refractivity contribution in [2.75, 3.05) is 10.2 Å². The lowest BCUT2D eigenvalue weighted by Crippen LogP contribution is -2.30. The van der Waals surface area contributed by atoms with Gasteiger partial charge in [-0.1, -0.05) is 109 Å². The molecule has 174 valence electrons. The van der Waals surface area contributed by atoms with Crippen LogP contribution in [0.15, 0.2) is 151 Å². The summed E-state index contributed by atoms with van der Waals surface area (Å²) in [5, 5.41) is 6.05. The van der Waals surface area contributed by atoms with Crippen LogP contribution < -0.4 is 10.2 Å². The van der Waals surface area contributed by atoms with Crippen molar-refractivity contribution < 1.29 is 0 Å². The minimum absolute atomic E-state index is 0.197. The third-order valence-electron chi connectivity index (χ3n) is 6.73. The first-order valence-corrected chi connectivity index (χ1v) is 12.5. The number of allylic oxidation sites excluding steroid dienone is 1. The van der Waals surface area contributed by atoms with Crippen LogP contribution in [0.1, 0.15) is 6.42 Å². The van der Waals surface area contributed by atoms with Gasteiger partial charge in [0.15, 0.2) is 0 Å². The molecule has 0 aliphatic heterocycles. The molecule has 2 heteroatoms. The number of fused-ring (bicyclic) bond motifs is 1. The molecule has 0 aromatic heterocycles. The molecule has 5 aromatic rings. The summed E-state index contributed by atoms with van der Waals surface area (Å²) in [6, 6.07) is 45.3. The van der Waals surface area contributed by atoms with Crippen LogP contribution >= 0.6 is 0 Å². The minimum atomic E-state index is 0.197. The zero-order valence-electron chi connectivity index (χ0n) is 20.1. The van der Waals surface area contributed by atoms with Crippen LogP contribution in [0.3, 0.4) is 0 Å². The van der Waals surface area contributed by atoms with Crippen LogP contribution in [0, 0.1) is 0 Å². The molecule has 1 atom stereocenters. The lowest BCUT2D eigenvalue weighted by molar-refractivity contribution is 0.782. The maximum Gasteiger partial charge on any atom is 0.0561 e. The van der Waals surface area contributed by atoms with Gasteiger partial charge in [-0.05, 0) is 59.3 Å². The second-order valence-corrected chi connectivity index (χ2v) is 9.10. The lowest BCUT2D eigenvalue weighted by atomic mass is 9.99. The first-order chi connectivity index (χ1) is 17.8. The van der Waals surface area contributed by atoms with Crippen molar-refractivity contribution in [1.82, 2.24) is 0 Å². The van der Waals surface area contributed by atoms with Gasteiger partial charge in [0.1, 0.15) is 0 Å². The number of nitrogens with one attached hydrogen (secondary N) is 1. The molecule has 0 radical (unpaired) electrons. The van der Waals surface area contributed by atoms with E-state index in [1.54, 1.807) is 0 Å². The van der Waals surface area contributed by atoms with Crippen LogP contribution in [0.5, 0.6) is 0 Å². The molecule has 0 saturated carbocycles. The fourth-order valence-corrected chi connectivity index (χ4v) is 4.97. The molecule has 2 nitrogen and oxygen atoms in total. The predicted octanol–water partition coefficient (Wildman–Crippen LogP) is 8.97. The minimum Gasteiger partial charge on any atom is -0.356 e. The summed E-state index contributed by atoms with van der Waals surface area (Å²) in [5.74, 6) is 0. The Morgan fingerprint density at radius 1 is 0.639 bits per heavy atom. The quantitative estimate of drug-likeness (QED) is 0.270. The summed E-state index contributed by atoms with van der Waals surface area (Å²) >= 11 is 0. The second-order valence-electron chi connectivity index (χ2n) is 9.10. The van der Waals surface area contributed by atoms with Crippen molar-refractivity contribution >= 4 is 27.8 Å². The predicted molar refractivity (Wildman–Crippen MR) is 154 cm³/mol. The van der Waals surface area contributed by atoms with E-state index in [9.17, 15) is 0 Å². The van der Waals surface area contributed by atoms with E-state index in [-0.39, 0.29) is 6.04 Å². The Bertz CT molecular complexity index is 1530. The summed E-state index contributed by atoms with van der Waals surface area (Å²) in [4.78, 5) is 2.49. The largest absolute Gasteiger partial charge is 0.356 e. The molecule has 5 aromatic carbocycles. The van der Waals surface area contributed by atoms with E-state index in [2.05, 4.69) is 150 Å². The highest BCUT2D eigenvalue weighted by Crippen LogP contribution is 2.38. The summed E-state index contributed by atoms with van der Waals surface area (Å²) in [5.41, 5.74) is 7.10. The molecule has 1 aliphatic rings. The van der Waals surface area contributed by atoms with Gasteiger partial charge in [-0.2, -0.15) is 0 Å². The smallest absolute Gasteiger partial charge is 0.0561 e. The number of hydrogen-bond donors (Lipinski definition) is 1. The van der Waals surface area contributed by atoms with E-state index in [1.165, 1.54) is 33.3 Å². The first-order valence-electron chi connectivity index (χ1n) is 12.5. The van der Waals surface area contributed by atoms with Crippen LogP contribution in [0.25, 0.3) is 21.9 Å². The molecule has 36 heavy (non-hydrogen) atoms. The van der Waals surface area contributed by atoms with Gasteiger partial charge in [-0.15, -0.1) is 0 Å². The molecule has 0 amide bonds. The van der Waals surface area contributed by atoms with Crippen molar-refractivity contribution in [3.05, 3.63) is 151 Å². The third kappa shape index (κ3) is 4.54. The zero-order valence-corrected chi connectivity index (χ0v) is 20.1. The van der Waals surface area contributed by atoms with Gasteiger partial charge >= 0.3 is 0 Å². The third-order valence-corrected chi connectivity index (χ3v) is 6.73. The van der Waals surface area contributed by atoms with Crippen molar-refractivity contribution in [1.29, 1.82) is 0 Å². The summed E-state index contributed by atoms with van der Waals surface area (Å²) in [7, 11) is 0. The maximum atomic E-state index is 3.54. The molecule has 0 saturated heterocycles. The Morgan fingerprint density at radius 3 is 2.14 bits per heavy atom. The molecule has 0 spiro atoms. The van der Waals surface area contributed by atoms with Gasteiger partial charge in [0.25, 0.3) is 0 Å². The Labute approximate surface area is 212 Å². The fourth-order valence-electron chi connectivity index (χ4n) is 4.97. The number of anilines is 3. The Kier molecular flexibility index (Phi) is 6.08. The molecule has 0 bridgehead atoms. The number of benzene rings is 5. The molecule has 1 N–H and O–H groups in total. The highest BCUT2D eigenvalue weighted by atomic mass is 15.2. The van der Waals surface area contributed by atoms with Gasteiger partial charge < -0.3 is 10.2 Å². The first kappa shape index (κ1) is 21.9. The van der Waals surface area contributed by atoms with Gasteiger partial charge in [0, 0.05) is 28.1 Å². The topological polar surface area (TPSA) is 15.3 Å². The molecular weight excluding hydrogens is 436 g/mol. The molecule has 0 fully saturated rings. The van der Waals surface area contributed by atoms with Crippen molar-refractivity contribution in [3.63, 3.8) is 0 Å². The highest BCUT2D eigenvalue weighted by molar-refractivity contribution is 5.96. The number of hydrogen-bond acceptors (Lipinski definition) is 2. The molecule has 6 rings (SSSR count). The molecule has 0 heterocycles. The number of rotatable bonds is 6. The average Bonchev–Trinajstić information content (AvgIpc) is 2.95. The molecule has 1 unspecified atom stereocenters. The number of para-hydroxylation sites is 1. The van der Waals surface area contributed by atoms with Gasteiger partial charge in [-0.25, -0.2) is 0 Å². The van der Waals surface area contributed by atoms with E-state index >= 15 is 0 Å². The van der Waals surface area contributed by atoms with E-state index in [0.29, 0.717) is 0 Å². The Balaban J connectivity index is 1.40. The fraction of sp³-hybridized carbons (Fsp3) is 0.0588. The van der Waals surface area contributed by atoms with E-state index in [4.69, 9.17) is 0 Å². The Hall–Kier alpha value is -4.56. The second kappa shape index (κ2) is 9.97. The van der Waals surface area contributed by atoms with Crippen molar-refractivity contribution in [2.24, 2.45) is 0 Å². The lowest BCUT2D eigenvalue weighted by Gasteiger charge is -2.34. The monoisotopic (exact) mass is 464 g/mol. The maximum absolute atomic E-state index is 3.54. The standard InChI is InChI=1S/C34H28N2/c1-3-11-26(12-4-1)28-15-9-18-32(25-28)36(34-20-10-14-27-13-7-8-19-33(27)34)31-23-21-30(22-24-31)35-29-16-5-2-6-17-29/h1-23,25,31,35H,24H2. The van der Waals surface area contributed by atoms with E-state index < -0.39 is 0 Å². The van der Waals surface area contributed by atoms with Crippen LogP contribution in [-0.2, 0) is 0 Å². The zero-order chi connectivity index (χ0) is 24.2. The van der Waals surface area contributed by atoms with Crippen molar-refractivity contribution in [2.45, 2.75) is 12.5 Å². The van der Waals surface area contributed by atoms with Gasteiger partial charge in [0.2, 0.25) is 0 Å². The molecule has 1 aliphatic carbocycles. The van der Waals surface area contributed by atoms with E-state index in [0.717, 1.165) is 17.8 Å². The summed E-state index contributed by atoms with van der Waals surface area (Å²) in [6.45, 7) is 0. The summed E-state index contributed by atoms with van der Waals surface area (Å²) < 4.78 is 0. The Morgan fingerprint density at radius 2 is 1.33 bits per heavy atom. The average molecular weight is 465 g/mol. The SMILES string of the molecule is C1=CC(N(c2cccc(-c3ccccc3)c2)c2cccc3ccccc23)CC=C1Nc1ccccc1. The van der Waals surface area contributed by atoms with Crippen LogP contribution in [0.4, 0.5) is 17.1 Å². The normalized spacial score (nSPS) is 14.9. The number of nitrogens with zero attached hydrogens (tertiary/aromatic N) is 1. The summed E-state index contributed by atoms with van der Waals surface area (Å²) in [6.07, 6.45) is 7.74. The van der Waals surface area contributed by atoms with Crippen LogP contribution in [0.2, 0.25) is 0 Å². The van der Waals surface area contributed by atoms with Gasteiger partial charge in [0.05, 0.1) is 6.04 Å². The van der Waals surface area contributed by atoms with Gasteiger partial charge in [-0.3, -0.25) is 0 Å².